The van der Waals surface area contributed by atoms with Crippen LogP contribution in [0.25, 0.3) is 0 Å². The molecule has 108 valence electrons. The Morgan fingerprint density at radius 1 is 1.11 bits per heavy atom. The summed E-state index contributed by atoms with van der Waals surface area (Å²) in [6, 6.07) is 0. The second-order valence-electron chi connectivity index (χ2n) is 8.55. The molecule has 0 aliphatic heterocycles. The smallest absolute Gasteiger partial charge is 0.0679 e. The van der Waals surface area contributed by atoms with E-state index in [0.29, 0.717) is 5.41 Å². The molecule has 0 radical (unpaired) electrons. The predicted octanol–water partition coefficient (Wildman–Crippen LogP) is 4.87. The summed E-state index contributed by atoms with van der Waals surface area (Å²) in [5, 5.41) is 10.5. The van der Waals surface area contributed by atoms with E-state index in [0.717, 1.165) is 6.42 Å². The lowest BCUT2D eigenvalue weighted by Gasteiger charge is -2.45. The number of hydrogen-bond acceptors (Lipinski definition) is 1. The Kier molecular flexibility index (Phi) is 3.29. The molecule has 1 nitrogen and oxygen atoms in total. The molecule has 0 amide bonds. The first-order valence-corrected chi connectivity index (χ1v) is 7.58. The van der Waals surface area contributed by atoms with Crippen molar-refractivity contribution >= 4 is 0 Å². The number of aliphatic hydroxyl groups is 1. The van der Waals surface area contributed by atoms with Crippen LogP contribution in [0.2, 0.25) is 0 Å². The minimum atomic E-state index is -0.265. The summed E-state index contributed by atoms with van der Waals surface area (Å²) in [6.45, 7) is 15.7. The highest BCUT2D eigenvalue weighted by Gasteiger charge is 2.44. The molecule has 0 fully saturated rings. The third-order valence-corrected chi connectivity index (χ3v) is 5.49. The van der Waals surface area contributed by atoms with E-state index in [1.54, 1.807) is 11.1 Å². The van der Waals surface area contributed by atoms with Gasteiger partial charge in [0.05, 0.1) is 6.10 Å². The summed E-state index contributed by atoms with van der Waals surface area (Å²) in [4.78, 5) is 0. The second kappa shape index (κ2) is 4.22. The summed E-state index contributed by atoms with van der Waals surface area (Å²) in [5.41, 5.74) is 4.80. The Bertz CT molecular complexity index is 446. The molecule has 2 aliphatic rings. The highest BCUT2D eigenvalue weighted by atomic mass is 16.3. The minimum absolute atomic E-state index is 0.0341. The molecular weight excluding hydrogens is 232 g/mol. The lowest BCUT2D eigenvalue weighted by atomic mass is 9.63. The third kappa shape index (κ3) is 2.42. The van der Waals surface area contributed by atoms with Gasteiger partial charge in [0, 0.05) is 5.41 Å². The molecule has 2 aliphatic carbocycles. The maximum atomic E-state index is 10.5. The molecule has 0 bridgehead atoms. The number of aliphatic hydroxyl groups excluding tert-OH is 1. The van der Waals surface area contributed by atoms with Gasteiger partial charge in [-0.15, -0.1) is 0 Å². The first kappa shape index (κ1) is 14.8. The maximum Gasteiger partial charge on any atom is 0.0679 e. The van der Waals surface area contributed by atoms with Crippen LogP contribution >= 0.6 is 0 Å². The molecule has 0 aromatic heterocycles. The van der Waals surface area contributed by atoms with Crippen LogP contribution < -0.4 is 0 Å². The summed E-state index contributed by atoms with van der Waals surface area (Å²) >= 11 is 0. The van der Waals surface area contributed by atoms with Crippen molar-refractivity contribution in [2.45, 2.75) is 73.8 Å². The largest absolute Gasteiger partial charge is 0.392 e. The SMILES string of the molecule is CC1=C(C2=CC(C)(C)C(O)C(C)(C)C2)CCC1(C)C. The van der Waals surface area contributed by atoms with Gasteiger partial charge in [-0.3, -0.25) is 0 Å². The number of rotatable bonds is 1. The summed E-state index contributed by atoms with van der Waals surface area (Å²) in [7, 11) is 0. The highest BCUT2D eigenvalue weighted by molar-refractivity contribution is 5.43. The van der Waals surface area contributed by atoms with Crippen LogP contribution in [0.3, 0.4) is 0 Å². The summed E-state index contributed by atoms with van der Waals surface area (Å²) in [5.74, 6) is 0. The molecular formula is C18H30O. The summed E-state index contributed by atoms with van der Waals surface area (Å²) in [6.07, 6.45) is 5.53. The van der Waals surface area contributed by atoms with E-state index >= 15 is 0 Å². The molecule has 0 aromatic carbocycles. The third-order valence-electron chi connectivity index (χ3n) is 5.49. The Balaban J connectivity index is 2.45. The van der Waals surface area contributed by atoms with Crippen molar-refractivity contribution < 1.29 is 5.11 Å². The van der Waals surface area contributed by atoms with Crippen molar-refractivity contribution in [3.05, 3.63) is 22.8 Å². The number of allylic oxidation sites excluding steroid dienone is 3. The van der Waals surface area contributed by atoms with Crippen LogP contribution in [0.15, 0.2) is 22.8 Å². The van der Waals surface area contributed by atoms with Gasteiger partial charge in [0.1, 0.15) is 0 Å². The fourth-order valence-corrected chi connectivity index (χ4v) is 3.99. The molecule has 1 unspecified atom stereocenters. The van der Waals surface area contributed by atoms with Crippen molar-refractivity contribution in [1.29, 1.82) is 0 Å². The van der Waals surface area contributed by atoms with Crippen LogP contribution in [0.1, 0.15) is 67.7 Å². The van der Waals surface area contributed by atoms with E-state index in [1.807, 2.05) is 0 Å². The van der Waals surface area contributed by atoms with Crippen LogP contribution in [-0.4, -0.2) is 11.2 Å². The van der Waals surface area contributed by atoms with Gasteiger partial charge in [0.15, 0.2) is 0 Å². The lowest BCUT2D eigenvalue weighted by molar-refractivity contribution is -0.0272. The minimum Gasteiger partial charge on any atom is -0.392 e. The predicted molar refractivity (Wildman–Crippen MR) is 82.0 cm³/mol. The lowest BCUT2D eigenvalue weighted by Crippen LogP contribution is -2.44. The zero-order chi connectivity index (χ0) is 14.6. The van der Waals surface area contributed by atoms with Gasteiger partial charge >= 0.3 is 0 Å². The molecule has 1 N–H and O–H groups in total. The van der Waals surface area contributed by atoms with Crippen molar-refractivity contribution in [2.24, 2.45) is 16.2 Å². The average molecular weight is 262 g/mol. The van der Waals surface area contributed by atoms with E-state index in [2.05, 4.69) is 54.5 Å². The Morgan fingerprint density at radius 2 is 1.68 bits per heavy atom. The first-order valence-electron chi connectivity index (χ1n) is 7.58. The van der Waals surface area contributed by atoms with E-state index in [9.17, 15) is 5.11 Å². The first-order chi connectivity index (χ1) is 8.47. The van der Waals surface area contributed by atoms with Crippen molar-refractivity contribution in [3.8, 4) is 0 Å². The molecule has 1 atom stereocenters. The van der Waals surface area contributed by atoms with Crippen LogP contribution in [0.5, 0.6) is 0 Å². The van der Waals surface area contributed by atoms with E-state index in [-0.39, 0.29) is 16.9 Å². The second-order valence-corrected chi connectivity index (χ2v) is 8.55. The normalized spacial score (nSPS) is 32.4. The van der Waals surface area contributed by atoms with Gasteiger partial charge in [-0.2, -0.15) is 0 Å². The van der Waals surface area contributed by atoms with Crippen LogP contribution in [0.4, 0.5) is 0 Å². The topological polar surface area (TPSA) is 20.2 Å². The Hall–Kier alpha value is -0.560. The molecule has 19 heavy (non-hydrogen) atoms. The quantitative estimate of drug-likeness (QED) is 0.715. The zero-order valence-corrected chi connectivity index (χ0v) is 13.7. The highest BCUT2D eigenvalue weighted by Crippen LogP contribution is 2.51. The van der Waals surface area contributed by atoms with Crippen molar-refractivity contribution in [3.63, 3.8) is 0 Å². The fraction of sp³-hybridized carbons (Fsp3) is 0.778. The van der Waals surface area contributed by atoms with Gasteiger partial charge in [-0.05, 0) is 48.2 Å². The van der Waals surface area contributed by atoms with Gasteiger partial charge in [0.25, 0.3) is 0 Å². The van der Waals surface area contributed by atoms with Gasteiger partial charge in [0.2, 0.25) is 0 Å². The molecule has 0 heterocycles. The fourth-order valence-electron chi connectivity index (χ4n) is 3.99. The van der Waals surface area contributed by atoms with Gasteiger partial charge in [-0.25, -0.2) is 0 Å². The van der Waals surface area contributed by atoms with Crippen molar-refractivity contribution in [1.82, 2.24) is 0 Å². The maximum absolute atomic E-state index is 10.5. The Morgan fingerprint density at radius 3 is 2.11 bits per heavy atom. The van der Waals surface area contributed by atoms with Gasteiger partial charge < -0.3 is 5.11 Å². The van der Waals surface area contributed by atoms with Crippen LogP contribution in [-0.2, 0) is 0 Å². The standard InChI is InChI=1S/C18H30O/c1-12-14(8-9-16(12,2)3)13-10-17(4,5)15(19)18(6,7)11-13/h10,15,19H,8-9,11H2,1-7H3. The van der Waals surface area contributed by atoms with Crippen molar-refractivity contribution in [2.75, 3.05) is 0 Å². The molecule has 0 aromatic rings. The van der Waals surface area contributed by atoms with E-state index < -0.39 is 0 Å². The average Bonchev–Trinajstić information content (AvgIpc) is 2.50. The van der Waals surface area contributed by atoms with E-state index in [1.165, 1.54) is 18.4 Å². The zero-order valence-electron chi connectivity index (χ0n) is 13.7. The molecule has 1 heteroatoms. The van der Waals surface area contributed by atoms with Gasteiger partial charge in [-0.1, -0.05) is 53.2 Å². The molecule has 0 saturated carbocycles. The molecule has 0 saturated heterocycles. The van der Waals surface area contributed by atoms with E-state index in [4.69, 9.17) is 0 Å². The molecule has 0 spiro atoms. The Labute approximate surface area is 118 Å². The monoisotopic (exact) mass is 262 g/mol. The summed E-state index contributed by atoms with van der Waals surface area (Å²) < 4.78 is 0. The number of hydrogen-bond donors (Lipinski definition) is 1. The molecule has 2 rings (SSSR count). The van der Waals surface area contributed by atoms with Crippen LogP contribution in [0, 0.1) is 16.2 Å².